The molecule has 20 heavy (non-hydrogen) atoms. The van der Waals surface area contributed by atoms with E-state index >= 15 is 0 Å². The maximum absolute atomic E-state index is 5.58. The molecule has 1 aromatic carbocycles. The first-order valence-electron chi connectivity index (χ1n) is 6.71. The minimum Gasteiger partial charge on any atom is -0.473 e. The van der Waals surface area contributed by atoms with Crippen LogP contribution in [0.4, 0.5) is 5.95 Å². The van der Waals surface area contributed by atoms with Crippen LogP contribution in [0.1, 0.15) is 31.9 Å². The van der Waals surface area contributed by atoms with Crippen molar-refractivity contribution < 1.29 is 4.74 Å². The molecule has 0 spiro atoms. The third kappa shape index (κ3) is 4.53. The highest BCUT2D eigenvalue weighted by atomic mass is 16.5. The number of nitrogens with zero attached hydrogens (tertiary/aromatic N) is 2. The van der Waals surface area contributed by atoms with E-state index in [0.29, 0.717) is 17.9 Å². The van der Waals surface area contributed by atoms with Gasteiger partial charge in [-0.1, -0.05) is 45.0 Å². The Labute approximate surface area is 120 Å². The molecule has 4 heteroatoms. The van der Waals surface area contributed by atoms with Crippen LogP contribution >= 0.6 is 0 Å². The predicted molar refractivity (Wildman–Crippen MR) is 80.4 cm³/mol. The van der Waals surface area contributed by atoms with E-state index in [4.69, 9.17) is 10.5 Å². The van der Waals surface area contributed by atoms with Gasteiger partial charge in [-0.25, -0.2) is 4.98 Å². The lowest BCUT2D eigenvalue weighted by Gasteiger charge is -2.18. The number of anilines is 1. The summed E-state index contributed by atoms with van der Waals surface area (Å²) in [7, 11) is 0. The van der Waals surface area contributed by atoms with Crippen molar-refractivity contribution in [2.75, 3.05) is 5.73 Å². The van der Waals surface area contributed by atoms with Gasteiger partial charge < -0.3 is 10.5 Å². The number of hydrogen-bond acceptors (Lipinski definition) is 4. The molecule has 2 rings (SSSR count). The highest BCUT2D eigenvalue weighted by Crippen LogP contribution is 2.21. The van der Waals surface area contributed by atoms with Crippen molar-refractivity contribution in [3.63, 3.8) is 0 Å². The number of hydrogen-bond donors (Lipinski definition) is 1. The third-order valence-corrected chi connectivity index (χ3v) is 2.79. The summed E-state index contributed by atoms with van der Waals surface area (Å²) in [5.74, 6) is 0.722. The van der Waals surface area contributed by atoms with Crippen LogP contribution in [0.5, 0.6) is 5.88 Å². The van der Waals surface area contributed by atoms with E-state index in [2.05, 4.69) is 55.0 Å². The summed E-state index contributed by atoms with van der Waals surface area (Å²) >= 11 is 0. The summed E-state index contributed by atoms with van der Waals surface area (Å²) in [4.78, 5) is 7.83. The van der Waals surface area contributed by atoms with Gasteiger partial charge in [0.2, 0.25) is 11.8 Å². The van der Waals surface area contributed by atoms with E-state index in [0.717, 1.165) is 12.0 Å². The van der Waals surface area contributed by atoms with Crippen LogP contribution in [0.15, 0.2) is 36.5 Å². The fourth-order valence-corrected chi connectivity index (χ4v) is 1.96. The van der Waals surface area contributed by atoms with E-state index < -0.39 is 0 Å². The molecule has 0 radical (unpaired) electrons. The molecule has 4 nitrogen and oxygen atoms in total. The molecule has 1 aromatic heterocycles. The normalized spacial score (nSPS) is 11.3. The molecule has 0 saturated heterocycles. The van der Waals surface area contributed by atoms with Crippen molar-refractivity contribution >= 4 is 5.95 Å². The van der Waals surface area contributed by atoms with Gasteiger partial charge in [0, 0.05) is 12.3 Å². The summed E-state index contributed by atoms with van der Waals surface area (Å²) < 4.78 is 5.58. The average molecular weight is 271 g/mol. The van der Waals surface area contributed by atoms with E-state index in [1.165, 1.54) is 5.56 Å². The number of nitrogens with two attached hydrogens (primary N) is 1. The van der Waals surface area contributed by atoms with Gasteiger partial charge in [-0.05, 0) is 23.0 Å². The summed E-state index contributed by atoms with van der Waals surface area (Å²) in [6.45, 7) is 7.20. The first-order valence-corrected chi connectivity index (χ1v) is 6.71. The summed E-state index contributed by atoms with van der Waals surface area (Å²) in [6.07, 6.45) is 2.65. The lowest BCUT2D eigenvalue weighted by atomic mass is 9.88. The molecular weight excluding hydrogens is 250 g/mol. The number of rotatable bonds is 4. The summed E-state index contributed by atoms with van der Waals surface area (Å²) in [6, 6.07) is 10.2. The molecule has 0 bridgehead atoms. The van der Waals surface area contributed by atoms with Gasteiger partial charge >= 0.3 is 0 Å². The van der Waals surface area contributed by atoms with E-state index in [1.807, 2.05) is 0 Å². The van der Waals surface area contributed by atoms with Crippen molar-refractivity contribution in [3.8, 4) is 5.88 Å². The van der Waals surface area contributed by atoms with Crippen LogP contribution < -0.4 is 10.5 Å². The Morgan fingerprint density at radius 2 is 1.70 bits per heavy atom. The average Bonchev–Trinajstić information content (AvgIpc) is 2.36. The molecule has 2 aromatic rings. The molecule has 0 aliphatic carbocycles. The maximum Gasteiger partial charge on any atom is 0.223 e. The molecule has 0 fully saturated rings. The van der Waals surface area contributed by atoms with Gasteiger partial charge in [0.05, 0.1) is 0 Å². The maximum atomic E-state index is 5.58. The Balaban J connectivity index is 1.94. The van der Waals surface area contributed by atoms with Gasteiger partial charge in [0.25, 0.3) is 0 Å². The largest absolute Gasteiger partial charge is 0.473 e. The number of aromatic nitrogens is 2. The van der Waals surface area contributed by atoms with E-state index in [1.54, 1.807) is 12.3 Å². The number of nitrogen functional groups attached to an aromatic ring is 1. The van der Waals surface area contributed by atoms with Crippen molar-refractivity contribution in [2.24, 2.45) is 5.41 Å². The Morgan fingerprint density at radius 1 is 1.05 bits per heavy atom. The smallest absolute Gasteiger partial charge is 0.223 e. The summed E-state index contributed by atoms with van der Waals surface area (Å²) in [5.41, 5.74) is 8.26. The zero-order valence-electron chi connectivity index (χ0n) is 12.3. The second-order valence-corrected chi connectivity index (χ2v) is 6.10. The summed E-state index contributed by atoms with van der Waals surface area (Å²) in [5, 5.41) is 0. The zero-order valence-corrected chi connectivity index (χ0v) is 12.3. The number of ether oxygens (including phenoxy) is 1. The Bertz CT molecular complexity index is 559. The van der Waals surface area contributed by atoms with Gasteiger partial charge in [-0.15, -0.1) is 0 Å². The van der Waals surface area contributed by atoms with E-state index in [-0.39, 0.29) is 5.95 Å². The standard InChI is InChI=1S/C16H21N3O/c1-16(2,3)10-12-4-6-13(7-5-12)11-20-14-8-9-18-15(17)19-14/h4-9H,10-11H2,1-3H3,(H2,17,18,19). The molecule has 0 atom stereocenters. The highest BCUT2D eigenvalue weighted by Gasteiger charge is 2.10. The first-order chi connectivity index (χ1) is 9.42. The van der Waals surface area contributed by atoms with Crippen LogP contribution in [0, 0.1) is 5.41 Å². The van der Waals surface area contributed by atoms with Crippen LogP contribution in [-0.2, 0) is 13.0 Å². The molecule has 0 saturated carbocycles. The molecular formula is C16H21N3O. The molecule has 0 aliphatic rings. The lowest BCUT2D eigenvalue weighted by molar-refractivity contribution is 0.294. The molecule has 106 valence electrons. The van der Waals surface area contributed by atoms with Crippen molar-refractivity contribution in [2.45, 2.75) is 33.8 Å². The monoisotopic (exact) mass is 271 g/mol. The fourth-order valence-electron chi connectivity index (χ4n) is 1.96. The predicted octanol–water partition coefficient (Wildman–Crippen LogP) is 3.23. The lowest BCUT2D eigenvalue weighted by Crippen LogP contribution is -2.09. The van der Waals surface area contributed by atoms with Gasteiger partial charge in [0.1, 0.15) is 6.61 Å². The third-order valence-electron chi connectivity index (χ3n) is 2.79. The number of benzene rings is 1. The van der Waals surface area contributed by atoms with Crippen molar-refractivity contribution in [3.05, 3.63) is 47.7 Å². The van der Waals surface area contributed by atoms with E-state index in [9.17, 15) is 0 Å². The molecule has 0 unspecified atom stereocenters. The molecule has 2 N–H and O–H groups in total. The van der Waals surface area contributed by atoms with Crippen LogP contribution in [-0.4, -0.2) is 9.97 Å². The Morgan fingerprint density at radius 3 is 2.30 bits per heavy atom. The quantitative estimate of drug-likeness (QED) is 0.927. The topological polar surface area (TPSA) is 61.0 Å². The van der Waals surface area contributed by atoms with Crippen molar-refractivity contribution in [1.82, 2.24) is 9.97 Å². The Hall–Kier alpha value is -2.10. The van der Waals surface area contributed by atoms with Gasteiger partial charge in [-0.3, -0.25) is 0 Å². The molecule has 0 aliphatic heterocycles. The first kappa shape index (κ1) is 14.3. The minimum absolute atomic E-state index is 0.225. The Kier molecular flexibility index (Phi) is 4.23. The van der Waals surface area contributed by atoms with Gasteiger partial charge in [-0.2, -0.15) is 4.98 Å². The van der Waals surface area contributed by atoms with Crippen LogP contribution in [0.3, 0.4) is 0 Å². The zero-order chi connectivity index (χ0) is 14.6. The SMILES string of the molecule is CC(C)(C)Cc1ccc(COc2ccnc(N)n2)cc1. The fraction of sp³-hybridized carbons (Fsp3) is 0.375. The minimum atomic E-state index is 0.225. The van der Waals surface area contributed by atoms with Crippen LogP contribution in [0.2, 0.25) is 0 Å². The molecule has 0 amide bonds. The highest BCUT2D eigenvalue weighted by molar-refractivity contribution is 5.24. The van der Waals surface area contributed by atoms with Gasteiger partial charge in [0.15, 0.2) is 0 Å². The van der Waals surface area contributed by atoms with Crippen LogP contribution in [0.25, 0.3) is 0 Å². The second-order valence-electron chi connectivity index (χ2n) is 6.10. The molecule has 1 heterocycles. The van der Waals surface area contributed by atoms with Crippen molar-refractivity contribution in [1.29, 1.82) is 0 Å². The second kappa shape index (κ2) is 5.90.